The smallest absolute Gasteiger partial charge is 0.243 e. The first-order valence-corrected chi connectivity index (χ1v) is 9.55. The summed E-state index contributed by atoms with van der Waals surface area (Å²) in [6.07, 6.45) is 1.89. The van der Waals surface area contributed by atoms with Crippen molar-refractivity contribution in [3.05, 3.63) is 53.9 Å². The Morgan fingerprint density at radius 3 is 2.79 bits per heavy atom. The summed E-state index contributed by atoms with van der Waals surface area (Å²) in [7, 11) is 3.31. The zero-order valence-corrected chi connectivity index (χ0v) is 16.5. The summed E-state index contributed by atoms with van der Waals surface area (Å²) < 4.78 is 12.9. The molecule has 1 saturated heterocycles. The number of carbonyl (C=O) groups is 1. The van der Waals surface area contributed by atoms with Crippen LogP contribution in [0.1, 0.15) is 30.3 Å². The molecule has 4 rings (SSSR count). The van der Waals surface area contributed by atoms with Gasteiger partial charge in [-0.25, -0.2) is 4.98 Å². The Morgan fingerprint density at radius 2 is 2.00 bits per heavy atom. The molecule has 1 aliphatic heterocycles. The number of likely N-dealkylation sites (tertiary alicyclic amines) is 1. The Morgan fingerprint density at radius 1 is 1.18 bits per heavy atom. The zero-order valence-electron chi connectivity index (χ0n) is 16.5. The number of ether oxygens (including phenoxy) is 2. The number of aryl methyl sites for hydroxylation is 1. The lowest BCUT2D eigenvalue weighted by Crippen LogP contribution is -2.33. The van der Waals surface area contributed by atoms with Gasteiger partial charge in [-0.3, -0.25) is 4.79 Å². The molecule has 0 bridgehead atoms. The molecule has 2 heterocycles. The van der Waals surface area contributed by atoms with Crippen LogP contribution in [-0.4, -0.2) is 41.1 Å². The number of fused-ring (bicyclic) bond motifs is 1. The van der Waals surface area contributed by atoms with E-state index in [1.165, 1.54) is 0 Å². The molecule has 6 heteroatoms. The topological polar surface area (TPSA) is 56.6 Å². The lowest BCUT2D eigenvalue weighted by atomic mass is 10.0. The van der Waals surface area contributed by atoms with Crippen LogP contribution in [0.2, 0.25) is 0 Å². The molecular formula is C22H25N3O3. The number of amides is 1. The Balaban J connectivity index is 1.63. The largest absolute Gasteiger partial charge is 0.497 e. The lowest BCUT2D eigenvalue weighted by molar-refractivity contribution is -0.132. The van der Waals surface area contributed by atoms with Crippen LogP contribution in [-0.2, 0) is 11.3 Å². The van der Waals surface area contributed by atoms with Gasteiger partial charge in [-0.2, -0.15) is 0 Å². The van der Waals surface area contributed by atoms with Crippen molar-refractivity contribution in [1.82, 2.24) is 14.5 Å². The average Bonchev–Trinajstić information content (AvgIpc) is 3.32. The van der Waals surface area contributed by atoms with Crippen LogP contribution in [0.15, 0.2) is 42.5 Å². The fraction of sp³-hybridized carbons (Fsp3) is 0.364. The van der Waals surface area contributed by atoms with E-state index in [9.17, 15) is 4.79 Å². The van der Waals surface area contributed by atoms with Gasteiger partial charge in [0.05, 0.1) is 31.3 Å². The molecule has 1 aliphatic rings. The number of carbonyl (C=O) groups excluding carboxylic acids is 1. The van der Waals surface area contributed by atoms with Crippen molar-refractivity contribution in [2.24, 2.45) is 0 Å². The Hall–Kier alpha value is -3.02. The van der Waals surface area contributed by atoms with Gasteiger partial charge < -0.3 is 18.9 Å². The first-order valence-electron chi connectivity index (χ1n) is 9.55. The maximum absolute atomic E-state index is 13.3. The molecule has 146 valence electrons. The van der Waals surface area contributed by atoms with E-state index in [0.717, 1.165) is 53.3 Å². The van der Waals surface area contributed by atoms with E-state index in [4.69, 9.17) is 9.47 Å². The number of hydrogen-bond donors (Lipinski definition) is 0. The van der Waals surface area contributed by atoms with Crippen molar-refractivity contribution < 1.29 is 14.3 Å². The minimum Gasteiger partial charge on any atom is -0.497 e. The zero-order chi connectivity index (χ0) is 19.7. The highest BCUT2D eigenvalue weighted by Gasteiger charge is 2.32. The van der Waals surface area contributed by atoms with Crippen LogP contribution in [0.4, 0.5) is 0 Å². The monoisotopic (exact) mass is 379 g/mol. The summed E-state index contributed by atoms with van der Waals surface area (Å²) in [5, 5.41) is 0. The summed E-state index contributed by atoms with van der Waals surface area (Å²) >= 11 is 0. The molecule has 3 aromatic rings. The quantitative estimate of drug-likeness (QED) is 0.678. The Kier molecular flexibility index (Phi) is 4.94. The van der Waals surface area contributed by atoms with Gasteiger partial charge in [-0.05, 0) is 50.1 Å². The van der Waals surface area contributed by atoms with E-state index in [1.54, 1.807) is 14.2 Å². The van der Waals surface area contributed by atoms with Gasteiger partial charge in [-0.15, -0.1) is 0 Å². The predicted molar refractivity (Wildman–Crippen MR) is 108 cm³/mol. The standard InChI is InChI=1S/C22H25N3O3/c1-15-23-18-7-4-5-8-20(18)25(15)14-22(26)24-12-6-9-19(24)17-13-16(27-2)10-11-21(17)28-3/h4-5,7-8,10-11,13,19H,6,9,12,14H2,1-3H3/t19-/m1/s1. The highest BCUT2D eigenvalue weighted by atomic mass is 16.5. The summed E-state index contributed by atoms with van der Waals surface area (Å²) in [6.45, 7) is 2.98. The van der Waals surface area contributed by atoms with Crippen LogP contribution in [0.3, 0.4) is 0 Å². The average molecular weight is 379 g/mol. The fourth-order valence-corrected chi connectivity index (χ4v) is 4.11. The molecule has 2 aromatic carbocycles. The molecule has 0 aliphatic carbocycles. The van der Waals surface area contributed by atoms with E-state index in [-0.39, 0.29) is 18.5 Å². The number of imidazole rings is 1. The maximum atomic E-state index is 13.3. The third-order valence-corrected chi connectivity index (χ3v) is 5.51. The fourth-order valence-electron chi connectivity index (χ4n) is 4.11. The molecule has 28 heavy (non-hydrogen) atoms. The Labute approximate surface area is 164 Å². The minimum atomic E-state index is -0.00681. The van der Waals surface area contributed by atoms with Crippen molar-refractivity contribution in [2.75, 3.05) is 20.8 Å². The Bertz CT molecular complexity index is 1010. The van der Waals surface area contributed by atoms with Gasteiger partial charge in [0.1, 0.15) is 23.9 Å². The van der Waals surface area contributed by atoms with Crippen LogP contribution < -0.4 is 9.47 Å². The van der Waals surface area contributed by atoms with E-state index >= 15 is 0 Å². The molecule has 0 saturated carbocycles. The van der Waals surface area contributed by atoms with Crippen molar-refractivity contribution in [1.29, 1.82) is 0 Å². The van der Waals surface area contributed by atoms with Gasteiger partial charge in [0.2, 0.25) is 5.91 Å². The number of benzene rings is 2. The van der Waals surface area contributed by atoms with Gasteiger partial charge in [0, 0.05) is 12.1 Å². The van der Waals surface area contributed by atoms with Gasteiger partial charge >= 0.3 is 0 Å². The number of aromatic nitrogens is 2. The minimum absolute atomic E-state index is 0.00681. The molecule has 1 amide bonds. The molecular weight excluding hydrogens is 354 g/mol. The maximum Gasteiger partial charge on any atom is 0.243 e. The number of para-hydroxylation sites is 2. The highest BCUT2D eigenvalue weighted by Crippen LogP contribution is 2.39. The number of hydrogen-bond acceptors (Lipinski definition) is 4. The van der Waals surface area contributed by atoms with E-state index in [0.29, 0.717) is 0 Å². The van der Waals surface area contributed by atoms with Crippen LogP contribution in [0.25, 0.3) is 11.0 Å². The van der Waals surface area contributed by atoms with Crippen LogP contribution in [0.5, 0.6) is 11.5 Å². The molecule has 0 radical (unpaired) electrons. The molecule has 6 nitrogen and oxygen atoms in total. The normalized spacial score (nSPS) is 16.5. The highest BCUT2D eigenvalue weighted by molar-refractivity contribution is 5.81. The number of methoxy groups -OCH3 is 2. The predicted octanol–water partition coefficient (Wildman–Crippen LogP) is 3.73. The number of nitrogens with zero attached hydrogens (tertiary/aromatic N) is 3. The molecule has 0 spiro atoms. The molecule has 0 unspecified atom stereocenters. The second kappa shape index (κ2) is 7.54. The SMILES string of the molecule is COc1ccc(OC)c([C@H]2CCCN2C(=O)Cn2c(C)nc3ccccc32)c1. The van der Waals surface area contributed by atoms with Gasteiger partial charge in [-0.1, -0.05) is 12.1 Å². The van der Waals surface area contributed by atoms with Crippen LogP contribution >= 0.6 is 0 Å². The lowest BCUT2D eigenvalue weighted by Gasteiger charge is -2.27. The van der Waals surface area contributed by atoms with Gasteiger partial charge in [0.25, 0.3) is 0 Å². The van der Waals surface area contributed by atoms with E-state index < -0.39 is 0 Å². The summed E-state index contributed by atoms with van der Waals surface area (Å²) in [6, 6.07) is 13.7. The van der Waals surface area contributed by atoms with E-state index in [1.807, 2.05) is 58.9 Å². The summed E-state index contributed by atoms with van der Waals surface area (Å²) in [4.78, 5) is 19.8. The third kappa shape index (κ3) is 3.19. The second-order valence-electron chi connectivity index (χ2n) is 7.09. The van der Waals surface area contributed by atoms with Gasteiger partial charge in [0.15, 0.2) is 0 Å². The van der Waals surface area contributed by atoms with Crippen molar-refractivity contribution in [3.8, 4) is 11.5 Å². The summed E-state index contributed by atoms with van der Waals surface area (Å²) in [5.74, 6) is 2.50. The molecule has 1 fully saturated rings. The summed E-state index contributed by atoms with van der Waals surface area (Å²) in [5.41, 5.74) is 2.91. The molecule has 1 atom stereocenters. The van der Waals surface area contributed by atoms with Crippen molar-refractivity contribution in [3.63, 3.8) is 0 Å². The second-order valence-corrected chi connectivity index (χ2v) is 7.09. The van der Waals surface area contributed by atoms with Crippen molar-refractivity contribution >= 4 is 16.9 Å². The van der Waals surface area contributed by atoms with Crippen LogP contribution in [0, 0.1) is 6.92 Å². The number of rotatable bonds is 5. The first-order chi connectivity index (χ1) is 13.6. The van der Waals surface area contributed by atoms with E-state index in [2.05, 4.69) is 4.98 Å². The third-order valence-electron chi connectivity index (χ3n) is 5.51. The first kappa shape index (κ1) is 18.3. The molecule has 0 N–H and O–H groups in total. The van der Waals surface area contributed by atoms with Crippen molar-refractivity contribution in [2.45, 2.75) is 32.4 Å². The molecule has 1 aromatic heterocycles.